The minimum atomic E-state index is -3.66. The molecule has 0 bridgehead atoms. The molecule has 0 heterocycles. The molecule has 3 nitrogen and oxygen atoms in total. The lowest BCUT2D eigenvalue weighted by Gasteiger charge is -2.22. The van der Waals surface area contributed by atoms with Gasteiger partial charge in [-0.3, -0.25) is 0 Å². The van der Waals surface area contributed by atoms with Crippen LogP contribution in [0.5, 0.6) is 0 Å². The van der Waals surface area contributed by atoms with Gasteiger partial charge in [0, 0.05) is 23.5 Å². The van der Waals surface area contributed by atoms with Gasteiger partial charge in [0.05, 0.1) is 0 Å². The number of nitrogens with zero attached hydrogens (tertiary/aromatic N) is 1. The first kappa shape index (κ1) is 20.3. The lowest BCUT2D eigenvalue weighted by atomic mass is 10.1. The third kappa shape index (κ3) is 5.32. The zero-order valence-electron chi connectivity index (χ0n) is 15.6. The molecule has 28 heavy (non-hydrogen) atoms. The molecule has 144 valence electrons. The van der Waals surface area contributed by atoms with Crippen LogP contribution in [0.3, 0.4) is 0 Å². The van der Waals surface area contributed by atoms with E-state index in [1.807, 2.05) is 79.7 Å². The zero-order chi connectivity index (χ0) is 20.0. The van der Waals surface area contributed by atoms with Crippen LogP contribution in [0.1, 0.15) is 22.3 Å². The lowest BCUT2D eigenvalue weighted by Crippen LogP contribution is -2.29. The van der Waals surface area contributed by atoms with Crippen molar-refractivity contribution in [2.75, 3.05) is 0 Å². The molecule has 5 heteroatoms. The van der Waals surface area contributed by atoms with Gasteiger partial charge in [0.1, 0.15) is 0 Å². The van der Waals surface area contributed by atoms with Gasteiger partial charge in [-0.1, -0.05) is 84.4 Å². The highest BCUT2D eigenvalue weighted by molar-refractivity contribution is 7.92. The van der Waals surface area contributed by atoms with Crippen molar-refractivity contribution in [3.8, 4) is 0 Å². The molecule has 0 unspecified atom stereocenters. The summed E-state index contributed by atoms with van der Waals surface area (Å²) in [6.07, 6.45) is 1.62. The molecule has 0 spiro atoms. The van der Waals surface area contributed by atoms with Crippen LogP contribution in [0.25, 0.3) is 6.08 Å². The fourth-order valence-electron chi connectivity index (χ4n) is 2.84. The molecule has 3 aromatic rings. The number of hydrogen-bond acceptors (Lipinski definition) is 2. The van der Waals surface area contributed by atoms with Gasteiger partial charge < -0.3 is 0 Å². The lowest BCUT2D eigenvalue weighted by molar-refractivity contribution is 0.407. The normalized spacial score (nSPS) is 12.0. The molecule has 0 aliphatic carbocycles. The van der Waals surface area contributed by atoms with Gasteiger partial charge in [-0.2, -0.15) is 4.31 Å². The summed E-state index contributed by atoms with van der Waals surface area (Å²) in [5, 5.41) is 1.82. The van der Waals surface area contributed by atoms with E-state index < -0.39 is 10.0 Å². The monoisotopic (exact) mass is 411 g/mol. The molecule has 0 amide bonds. The minimum Gasteiger partial charge on any atom is -0.207 e. The molecular weight excluding hydrogens is 390 g/mol. The van der Waals surface area contributed by atoms with Crippen LogP contribution < -0.4 is 0 Å². The van der Waals surface area contributed by atoms with Crippen molar-refractivity contribution in [2.45, 2.75) is 20.0 Å². The average molecular weight is 412 g/mol. The second kappa shape index (κ2) is 9.20. The third-order valence-electron chi connectivity index (χ3n) is 4.50. The van der Waals surface area contributed by atoms with E-state index >= 15 is 0 Å². The molecule has 0 radical (unpaired) electrons. The summed E-state index contributed by atoms with van der Waals surface area (Å²) in [5.41, 5.74) is 3.62. The SMILES string of the molecule is Cc1ccccc1CN(Cc1ccccc1Cl)S(=O)(=O)/C=C/c1ccccc1. The topological polar surface area (TPSA) is 37.4 Å². The third-order valence-corrected chi connectivity index (χ3v) is 6.33. The maximum Gasteiger partial charge on any atom is 0.236 e. The van der Waals surface area contributed by atoms with Crippen molar-refractivity contribution in [3.63, 3.8) is 0 Å². The van der Waals surface area contributed by atoms with Crippen LogP contribution in [0.4, 0.5) is 0 Å². The second-order valence-electron chi connectivity index (χ2n) is 6.54. The number of hydrogen-bond donors (Lipinski definition) is 0. The quantitative estimate of drug-likeness (QED) is 0.503. The van der Waals surface area contributed by atoms with E-state index in [1.54, 1.807) is 12.1 Å². The van der Waals surface area contributed by atoms with Gasteiger partial charge in [-0.15, -0.1) is 0 Å². The van der Waals surface area contributed by atoms with Crippen LogP contribution in [0.2, 0.25) is 5.02 Å². The van der Waals surface area contributed by atoms with Gasteiger partial charge in [-0.05, 0) is 41.3 Å². The van der Waals surface area contributed by atoms with Gasteiger partial charge in [0.25, 0.3) is 0 Å². The number of rotatable bonds is 7. The molecule has 3 rings (SSSR count). The molecular formula is C23H22ClNO2S. The summed E-state index contributed by atoms with van der Waals surface area (Å²) >= 11 is 6.29. The highest BCUT2D eigenvalue weighted by atomic mass is 35.5. The highest BCUT2D eigenvalue weighted by Crippen LogP contribution is 2.22. The van der Waals surface area contributed by atoms with Crippen molar-refractivity contribution >= 4 is 27.7 Å². The minimum absolute atomic E-state index is 0.204. The maximum absolute atomic E-state index is 13.1. The van der Waals surface area contributed by atoms with E-state index in [4.69, 9.17) is 11.6 Å². The summed E-state index contributed by atoms with van der Waals surface area (Å²) in [4.78, 5) is 0. The van der Waals surface area contributed by atoms with E-state index in [0.717, 1.165) is 22.3 Å². The van der Waals surface area contributed by atoms with Gasteiger partial charge >= 0.3 is 0 Å². The van der Waals surface area contributed by atoms with Crippen molar-refractivity contribution in [2.24, 2.45) is 0 Å². The number of aryl methyl sites for hydroxylation is 1. The van der Waals surface area contributed by atoms with E-state index in [0.29, 0.717) is 5.02 Å². The zero-order valence-corrected chi connectivity index (χ0v) is 17.2. The Labute approximate surface area is 172 Å². The Morgan fingerprint density at radius 1 is 0.821 bits per heavy atom. The van der Waals surface area contributed by atoms with Gasteiger partial charge in [-0.25, -0.2) is 8.42 Å². The van der Waals surface area contributed by atoms with Gasteiger partial charge in [0.2, 0.25) is 10.0 Å². The molecule has 0 atom stereocenters. The molecule has 0 aliphatic heterocycles. The Morgan fingerprint density at radius 3 is 2.07 bits per heavy atom. The van der Waals surface area contributed by atoms with E-state index in [9.17, 15) is 8.42 Å². The Balaban J connectivity index is 1.93. The number of sulfonamides is 1. The Morgan fingerprint density at radius 2 is 1.39 bits per heavy atom. The fraction of sp³-hybridized carbons (Fsp3) is 0.130. The average Bonchev–Trinajstić information content (AvgIpc) is 2.70. The molecule has 3 aromatic carbocycles. The Hall–Kier alpha value is -2.40. The number of benzene rings is 3. The summed E-state index contributed by atoms with van der Waals surface area (Å²) in [6.45, 7) is 2.46. The van der Waals surface area contributed by atoms with Crippen molar-refractivity contribution < 1.29 is 8.42 Å². The highest BCUT2D eigenvalue weighted by Gasteiger charge is 2.21. The largest absolute Gasteiger partial charge is 0.236 e. The standard InChI is InChI=1S/C23H22ClNO2S/c1-19-9-5-6-12-21(19)17-25(18-22-13-7-8-14-23(22)24)28(26,27)16-15-20-10-3-2-4-11-20/h2-16H,17-18H2,1H3/b16-15+. The molecule has 0 N–H and O–H groups in total. The van der Waals surface area contributed by atoms with Crippen LogP contribution in [0, 0.1) is 6.92 Å². The van der Waals surface area contributed by atoms with E-state index in [1.165, 1.54) is 9.71 Å². The molecule has 0 saturated heterocycles. The molecule has 0 aromatic heterocycles. The Kier molecular flexibility index (Phi) is 6.68. The van der Waals surface area contributed by atoms with Crippen LogP contribution in [-0.4, -0.2) is 12.7 Å². The summed E-state index contributed by atoms with van der Waals surface area (Å²) in [6, 6.07) is 24.5. The first-order valence-corrected chi connectivity index (χ1v) is 10.8. The van der Waals surface area contributed by atoms with E-state index in [-0.39, 0.29) is 13.1 Å². The fourth-order valence-corrected chi connectivity index (χ4v) is 4.18. The van der Waals surface area contributed by atoms with Crippen LogP contribution in [0.15, 0.2) is 84.3 Å². The molecule has 0 fully saturated rings. The summed E-state index contributed by atoms with van der Waals surface area (Å²) in [5.74, 6) is 0. The van der Waals surface area contributed by atoms with Crippen molar-refractivity contribution in [1.29, 1.82) is 0 Å². The van der Waals surface area contributed by atoms with Crippen molar-refractivity contribution in [3.05, 3.63) is 112 Å². The summed E-state index contributed by atoms with van der Waals surface area (Å²) < 4.78 is 27.7. The van der Waals surface area contributed by atoms with Crippen molar-refractivity contribution in [1.82, 2.24) is 4.31 Å². The van der Waals surface area contributed by atoms with Gasteiger partial charge in [0.15, 0.2) is 0 Å². The molecule has 0 aliphatic rings. The van der Waals surface area contributed by atoms with Crippen LogP contribution in [-0.2, 0) is 23.1 Å². The predicted octanol–water partition coefficient (Wildman–Crippen LogP) is 5.65. The van der Waals surface area contributed by atoms with Crippen LogP contribution >= 0.6 is 11.6 Å². The smallest absolute Gasteiger partial charge is 0.207 e. The second-order valence-corrected chi connectivity index (χ2v) is 8.77. The summed E-state index contributed by atoms with van der Waals surface area (Å²) in [7, 11) is -3.66. The number of halogens is 1. The first-order chi connectivity index (χ1) is 13.5. The first-order valence-electron chi connectivity index (χ1n) is 8.97. The Bertz CT molecular complexity index is 1020. The molecule has 0 saturated carbocycles. The maximum atomic E-state index is 13.1. The van der Waals surface area contributed by atoms with E-state index in [2.05, 4.69) is 0 Å². The predicted molar refractivity (Wildman–Crippen MR) is 116 cm³/mol.